The summed E-state index contributed by atoms with van der Waals surface area (Å²) in [6.07, 6.45) is 0.611. The number of carbonyl (C=O) groups excluding carboxylic acids is 2. The molecule has 2 bridgehead atoms. The Balaban J connectivity index is 1.69. The maximum absolute atomic E-state index is 13.8. The van der Waals surface area contributed by atoms with Crippen LogP contribution in [0.3, 0.4) is 0 Å². The van der Waals surface area contributed by atoms with Gasteiger partial charge in [-0.1, -0.05) is 34.6 Å². The standard InChI is InChI=1S/C20H25N3O4S2/c1-18(10-21(3)4)9-20-17(25)22(5)19(2,28-29-20)16(24)23(20)15(18)12-6-7-13-14(8-12)27-11-26-13/h6-8,15H,9-11H2,1-5H3/t15?,18-,19+,20+/m1/s1. The fraction of sp³-hybridized carbons (Fsp3) is 0.600. The van der Waals surface area contributed by atoms with Crippen molar-refractivity contribution in [3.05, 3.63) is 23.8 Å². The first-order chi connectivity index (χ1) is 13.6. The monoisotopic (exact) mass is 435 g/mol. The van der Waals surface area contributed by atoms with Gasteiger partial charge >= 0.3 is 0 Å². The number of likely N-dealkylation sites (N-methyl/N-ethyl adjacent to an activating group) is 1. The fourth-order valence-electron chi connectivity index (χ4n) is 5.38. The quantitative estimate of drug-likeness (QED) is 0.676. The van der Waals surface area contributed by atoms with Crippen molar-refractivity contribution in [2.45, 2.75) is 36.1 Å². The minimum atomic E-state index is -0.887. The Labute approximate surface area is 178 Å². The van der Waals surface area contributed by atoms with Gasteiger partial charge in [-0.25, -0.2) is 0 Å². The van der Waals surface area contributed by atoms with Gasteiger partial charge < -0.3 is 24.2 Å². The van der Waals surface area contributed by atoms with Gasteiger partial charge in [0.15, 0.2) is 21.2 Å². The van der Waals surface area contributed by atoms with E-state index >= 15 is 0 Å². The fourth-order valence-corrected chi connectivity index (χ4v) is 8.99. The van der Waals surface area contributed by atoms with E-state index < -0.39 is 9.74 Å². The zero-order valence-corrected chi connectivity index (χ0v) is 18.9. The van der Waals surface area contributed by atoms with Gasteiger partial charge in [0.2, 0.25) is 6.79 Å². The lowest BCUT2D eigenvalue weighted by atomic mass is 9.77. The van der Waals surface area contributed by atoms with E-state index in [9.17, 15) is 9.59 Å². The second kappa shape index (κ2) is 5.98. The molecule has 1 spiro atoms. The highest BCUT2D eigenvalue weighted by molar-refractivity contribution is 8.78. The van der Waals surface area contributed by atoms with Crippen molar-refractivity contribution in [1.82, 2.24) is 14.7 Å². The van der Waals surface area contributed by atoms with Gasteiger partial charge in [0.1, 0.15) is 0 Å². The highest BCUT2D eigenvalue weighted by atomic mass is 33.1. The lowest BCUT2D eigenvalue weighted by molar-refractivity contribution is -0.164. The summed E-state index contributed by atoms with van der Waals surface area (Å²) < 4.78 is 11.1. The van der Waals surface area contributed by atoms with E-state index in [4.69, 9.17) is 9.47 Å². The van der Waals surface area contributed by atoms with Crippen molar-refractivity contribution in [2.75, 3.05) is 34.5 Å². The van der Waals surface area contributed by atoms with Crippen molar-refractivity contribution in [3.8, 4) is 11.5 Å². The highest BCUT2D eigenvalue weighted by Crippen LogP contribution is 2.69. The third kappa shape index (κ3) is 2.38. The summed E-state index contributed by atoms with van der Waals surface area (Å²) >= 11 is 0. The van der Waals surface area contributed by atoms with Gasteiger partial charge in [0.25, 0.3) is 11.8 Å². The molecule has 0 aliphatic carbocycles. The number of nitrogens with zero attached hydrogens (tertiary/aromatic N) is 3. The van der Waals surface area contributed by atoms with Crippen molar-refractivity contribution >= 4 is 33.4 Å². The van der Waals surface area contributed by atoms with Crippen LogP contribution in [0.1, 0.15) is 31.9 Å². The van der Waals surface area contributed by atoms with Crippen LogP contribution < -0.4 is 9.47 Å². The topological polar surface area (TPSA) is 62.3 Å². The van der Waals surface area contributed by atoms with E-state index in [0.717, 1.165) is 17.9 Å². The Morgan fingerprint density at radius 2 is 1.86 bits per heavy atom. The number of benzene rings is 1. The number of fused-ring (bicyclic) bond motifs is 3. The SMILES string of the molecule is CN(C)C[C@@]1(C)C[C@@]23SS[C@@](C)(C(=O)N2C1c1ccc2c(c1)OCO2)N(C)C3=O. The van der Waals surface area contributed by atoms with Crippen LogP contribution in [0.15, 0.2) is 18.2 Å². The van der Waals surface area contributed by atoms with Crippen molar-refractivity contribution in [3.63, 3.8) is 0 Å². The number of piperazine rings is 1. The third-order valence-corrected chi connectivity index (χ3v) is 10.3. The normalized spacial score (nSPS) is 37.7. The average Bonchev–Trinajstić information content (AvgIpc) is 3.22. The Bertz CT molecular complexity index is 927. The average molecular weight is 436 g/mol. The molecule has 0 saturated carbocycles. The zero-order valence-electron chi connectivity index (χ0n) is 17.2. The van der Waals surface area contributed by atoms with E-state index in [-0.39, 0.29) is 30.1 Å². The number of hydrogen-bond acceptors (Lipinski definition) is 7. The van der Waals surface area contributed by atoms with Gasteiger partial charge in [-0.05, 0) is 45.1 Å². The third-order valence-electron chi connectivity index (χ3n) is 6.58. The molecule has 7 nitrogen and oxygen atoms in total. The summed E-state index contributed by atoms with van der Waals surface area (Å²) in [5.74, 6) is 1.45. The molecule has 29 heavy (non-hydrogen) atoms. The second-order valence-corrected chi connectivity index (χ2v) is 11.9. The molecule has 0 N–H and O–H groups in total. The maximum Gasteiger partial charge on any atom is 0.261 e. The number of amides is 2. The summed E-state index contributed by atoms with van der Waals surface area (Å²) in [5.41, 5.74) is 0.688. The molecule has 0 aromatic heterocycles. The molecule has 5 aliphatic rings. The molecule has 0 radical (unpaired) electrons. The second-order valence-electron chi connectivity index (χ2n) is 9.06. The highest BCUT2D eigenvalue weighted by Gasteiger charge is 2.74. The van der Waals surface area contributed by atoms with Crippen LogP contribution >= 0.6 is 21.6 Å². The predicted molar refractivity (Wildman–Crippen MR) is 113 cm³/mol. The lowest BCUT2D eigenvalue weighted by Gasteiger charge is -2.57. The Morgan fingerprint density at radius 3 is 2.59 bits per heavy atom. The summed E-state index contributed by atoms with van der Waals surface area (Å²) in [5, 5.41) is 0. The molecular weight excluding hydrogens is 410 g/mol. The molecule has 4 saturated heterocycles. The van der Waals surface area contributed by atoms with Crippen molar-refractivity contribution in [1.29, 1.82) is 0 Å². The van der Waals surface area contributed by atoms with Crippen molar-refractivity contribution < 1.29 is 19.1 Å². The molecule has 6 rings (SSSR count). The molecule has 2 amide bonds. The van der Waals surface area contributed by atoms with E-state index in [1.807, 2.05) is 44.1 Å². The van der Waals surface area contributed by atoms with Gasteiger partial charge in [-0.3, -0.25) is 9.59 Å². The van der Waals surface area contributed by atoms with Crippen LogP contribution in [-0.2, 0) is 9.59 Å². The summed E-state index contributed by atoms with van der Waals surface area (Å²) in [6, 6.07) is 5.67. The summed E-state index contributed by atoms with van der Waals surface area (Å²) in [6.45, 7) is 5.01. The van der Waals surface area contributed by atoms with Crippen LogP contribution in [0.4, 0.5) is 0 Å². The maximum atomic E-state index is 13.8. The predicted octanol–water partition coefficient (Wildman–Crippen LogP) is 2.54. The van der Waals surface area contributed by atoms with Gasteiger partial charge in [-0.2, -0.15) is 0 Å². The molecule has 1 aromatic rings. The first kappa shape index (κ1) is 19.4. The molecule has 1 unspecified atom stereocenters. The van der Waals surface area contributed by atoms with E-state index in [2.05, 4.69) is 11.8 Å². The van der Waals surface area contributed by atoms with Gasteiger partial charge in [0, 0.05) is 19.0 Å². The minimum Gasteiger partial charge on any atom is -0.454 e. The summed E-state index contributed by atoms with van der Waals surface area (Å²) in [4.78, 5) is 31.2. The van der Waals surface area contributed by atoms with E-state index in [1.54, 1.807) is 22.7 Å². The zero-order chi connectivity index (χ0) is 20.8. The number of rotatable bonds is 3. The van der Waals surface area contributed by atoms with Crippen LogP contribution in [0, 0.1) is 5.41 Å². The first-order valence-electron chi connectivity index (χ1n) is 9.66. The summed E-state index contributed by atoms with van der Waals surface area (Å²) in [7, 11) is 8.89. The number of hydrogen-bond donors (Lipinski definition) is 0. The molecular formula is C20H25N3O4S2. The van der Waals surface area contributed by atoms with Crippen LogP contribution in [0.25, 0.3) is 0 Å². The Morgan fingerprint density at radius 1 is 1.14 bits per heavy atom. The largest absolute Gasteiger partial charge is 0.454 e. The molecule has 5 heterocycles. The number of ether oxygens (including phenoxy) is 2. The molecule has 9 heteroatoms. The lowest BCUT2D eigenvalue weighted by Crippen LogP contribution is -2.73. The van der Waals surface area contributed by atoms with E-state index in [0.29, 0.717) is 12.2 Å². The van der Waals surface area contributed by atoms with Crippen LogP contribution in [-0.4, -0.2) is 70.7 Å². The smallest absolute Gasteiger partial charge is 0.261 e. The molecule has 4 fully saturated rings. The molecule has 4 atom stereocenters. The van der Waals surface area contributed by atoms with Gasteiger partial charge in [-0.15, -0.1) is 0 Å². The van der Waals surface area contributed by atoms with Crippen molar-refractivity contribution in [2.24, 2.45) is 5.41 Å². The number of carbonyl (C=O) groups is 2. The Kier molecular flexibility index (Phi) is 4.00. The van der Waals surface area contributed by atoms with Gasteiger partial charge in [0.05, 0.1) is 6.04 Å². The van der Waals surface area contributed by atoms with Crippen LogP contribution in [0.2, 0.25) is 0 Å². The first-order valence-corrected chi connectivity index (χ1v) is 11.8. The van der Waals surface area contributed by atoms with Crippen LogP contribution in [0.5, 0.6) is 11.5 Å². The molecule has 1 aromatic carbocycles. The molecule has 156 valence electrons. The van der Waals surface area contributed by atoms with E-state index in [1.165, 1.54) is 10.8 Å². The molecule has 5 aliphatic heterocycles. The Hall–Kier alpha value is -1.58. The minimum absolute atomic E-state index is 0.00787.